The molecule has 3 rings (SSSR count). The number of sulfonamides is 1. The topological polar surface area (TPSA) is 106 Å². The van der Waals surface area contributed by atoms with Gasteiger partial charge in [-0.25, -0.2) is 13.1 Å². The number of rotatable bonds is 9. The van der Waals surface area contributed by atoms with Crippen LogP contribution in [-0.4, -0.2) is 44.8 Å². The quantitative estimate of drug-likeness (QED) is 0.462. The van der Waals surface area contributed by atoms with E-state index in [1.807, 2.05) is 13.8 Å². The molecular weight excluding hydrogens is 462 g/mol. The standard InChI is InChI=1S/C23H29N3O5S2/c1-3-16(2)31-19-10-6-17(7-11-19)22(27)26-23(32)25-18-8-12-21(13-9-18)33(28,29)24-15-20-5-4-14-30-20/h6-13,16,20,24H,3-5,14-15H2,1-2H3,(H2,25,26,27,32). The number of thiocarbonyl (C=S) groups is 1. The van der Waals surface area contributed by atoms with E-state index in [4.69, 9.17) is 21.7 Å². The number of hydrogen-bond acceptors (Lipinski definition) is 6. The second kappa shape index (κ2) is 11.6. The third-order valence-corrected chi connectivity index (χ3v) is 6.85. The lowest BCUT2D eigenvalue weighted by Crippen LogP contribution is -2.34. The van der Waals surface area contributed by atoms with Crippen LogP contribution in [0.5, 0.6) is 5.75 Å². The lowest BCUT2D eigenvalue weighted by atomic mass is 10.2. The highest BCUT2D eigenvalue weighted by Crippen LogP contribution is 2.17. The van der Waals surface area contributed by atoms with Crippen molar-refractivity contribution in [2.24, 2.45) is 0 Å². The Morgan fingerprint density at radius 3 is 2.48 bits per heavy atom. The van der Waals surface area contributed by atoms with E-state index in [9.17, 15) is 13.2 Å². The van der Waals surface area contributed by atoms with Crippen LogP contribution in [0.1, 0.15) is 43.5 Å². The molecule has 1 saturated heterocycles. The smallest absolute Gasteiger partial charge is 0.257 e. The van der Waals surface area contributed by atoms with Gasteiger partial charge in [-0.2, -0.15) is 0 Å². The zero-order valence-electron chi connectivity index (χ0n) is 18.7. The molecule has 2 unspecified atom stereocenters. The molecule has 0 spiro atoms. The predicted octanol–water partition coefficient (Wildman–Crippen LogP) is 3.45. The number of carbonyl (C=O) groups excluding carboxylic acids is 1. The maximum Gasteiger partial charge on any atom is 0.257 e. The minimum absolute atomic E-state index is 0.0784. The number of benzene rings is 2. The van der Waals surface area contributed by atoms with E-state index in [2.05, 4.69) is 15.4 Å². The molecule has 1 aliphatic heterocycles. The van der Waals surface area contributed by atoms with Crippen molar-refractivity contribution in [3.8, 4) is 5.75 Å². The van der Waals surface area contributed by atoms with Gasteiger partial charge in [-0.05, 0) is 86.9 Å². The first kappa shape index (κ1) is 25.1. The fraction of sp³-hybridized carbons (Fsp3) is 0.391. The highest BCUT2D eigenvalue weighted by Gasteiger charge is 2.20. The maximum absolute atomic E-state index is 12.4. The monoisotopic (exact) mass is 491 g/mol. The molecule has 8 nitrogen and oxygen atoms in total. The Hall–Kier alpha value is -2.53. The third-order valence-electron chi connectivity index (χ3n) is 5.20. The first-order chi connectivity index (χ1) is 15.8. The molecule has 1 fully saturated rings. The first-order valence-electron chi connectivity index (χ1n) is 10.9. The van der Waals surface area contributed by atoms with Crippen molar-refractivity contribution in [3.63, 3.8) is 0 Å². The number of ether oxygens (including phenoxy) is 2. The van der Waals surface area contributed by atoms with Gasteiger partial charge >= 0.3 is 0 Å². The van der Waals surface area contributed by atoms with Crippen molar-refractivity contribution in [2.45, 2.75) is 50.2 Å². The van der Waals surface area contributed by atoms with E-state index in [0.29, 0.717) is 23.6 Å². The Kier molecular flexibility index (Phi) is 8.79. The molecule has 0 aromatic heterocycles. The van der Waals surface area contributed by atoms with E-state index in [1.165, 1.54) is 12.1 Å². The predicted molar refractivity (Wildman–Crippen MR) is 131 cm³/mol. The molecule has 2 aromatic carbocycles. The molecule has 3 N–H and O–H groups in total. The van der Waals surface area contributed by atoms with Gasteiger partial charge in [-0.1, -0.05) is 6.92 Å². The van der Waals surface area contributed by atoms with Gasteiger partial charge in [0.1, 0.15) is 5.75 Å². The van der Waals surface area contributed by atoms with Gasteiger partial charge in [-0.3, -0.25) is 10.1 Å². The van der Waals surface area contributed by atoms with Crippen LogP contribution in [0.15, 0.2) is 53.4 Å². The molecule has 0 saturated carbocycles. The summed E-state index contributed by atoms with van der Waals surface area (Å²) >= 11 is 5.21. The molecule has 1 amide bonds. The molecule has 0 radical (unpaired) electrons. The van der Waals surface area contributed by atoms with Crippen molar-refractivity contribution in [3.05, 3.63) is 54.1 Å². The summed E-state index contributed by atoms with van der Waals surface area (Å²) in [6.45, 7) is 4.94. The third kappa shape index (κ3) is 7.50. The highest BCUT2D eigenvalue weighted by molar-refractivity contribution is 7.89. The average molecular weight is 492 g/mol. The average Bonchev–Trinajstić information content (AvgIpc) is 3.32. The normalized spacial score (nSPS) is 16.7. The van der Waals surface area contributed by atoms with Crippen LogP contribution < -0.4 is 20.1 Å². The molecule has 33 heavy (non-hydrogen) atoms. The van der Waals surface area contributed by atoms with Crippen molar-refractivity contribution < 1.29 is 22.7 Å². The van der Waals surface area contributed by atoms with E-state index in [1.54, 1.807) is 36.4 Å². The summed E-state index contributed by atoms with van der Waals surface area (Å²) in [5, 5.41) is 5.59. The molecule has 1 heterocycles. The Balaban J connectivity index is 1.51. The molecule has 178 valence electrons. The molecule has 10 heteroatoms. The summed E-state index contributed by atoms with van der Waals surface area (Å²) in [5.41, 5.74) is 0.991. The van der Waals surface area contributed by atoms with Crippen molar-refractivity contribution in [1.82, 2.24) is 10.0 Å². The number of hydrogen-bond donors (Lipinski definition) is 3. The SMILES string of the molecule is CCC(C)Oc1ccc(C(=O)NC(=S)Nc2ccc(S(=O)(=O)NCC3CCCO3)cc2)cc1. The summed E-state index contributed by atoms with van der Waals surface area (Å²) in [6, 6.07) is 12.9. The Labute approximate surface area is 200 Å². The van der Waals surface area contributed by atoms with Gasteiger partial charge in [-0.15, -0.1) is 0 Å². The second-order valence-electron chi connectivity index (χ2n) is 7.78. The van der Waals surface area contributed by atoms with Crippen LogP contribution >= 0.6 is 12.2 Å². The summed E-state index contributed by atoms with van der Waals surface area (Å²) in [7, 11) is -3.63. The lowest BCUT2D eigenvalue weighted by Gasteiger charge is -2.13. The largest absolute Gasteiger partial charge is 0.491 e. The minimum Gasteiger partial charge on any atom is -0.491 e. The minimum atomic E-state index is -3.63. The van der Waals surface area contributed by atoms with Crippen molar-refractivity contribution in [1.29, 1.82) is 0 Å². The van der Waals surface area contributed by atoms with Gasteiger partial charge in [0.15, 0.2) is 5.11 Å². The van der Waals surface area contributed by atoms with E-state index >= 15 is 0 Å². The first-order valence-corrected chi connectivity index (χ1v) is 12.8. The molecule has 2 aromatic rings. The van der Waals surface area contributed by atoms with Gasteiger partial charge in [0.25, 0.3) is 5.91 Å². The van der Waals surface area contributed by atoms with Crippen molar-refractivity contribution in [2.75, 3.05) is 18.5 Å². The van der Waals surface area contributed by atoms with Crippen LogP contribution in [0.4, 0.5) is 5.69 Å². The number of amides is 1. The lowest BCUT2D eigenvalue weighted by molar-refractivity contribution is 0.0977. The van der Waals surface area contributed by atoms with E-state index in [0.717, 1.165) is 19.3 Å². The fourth-order valence-corrected chi connectivity index (χ4v) is 4.42. The second-order valence-corrected chi connectivity index (χ2v) is 9.96. The Morgan fingerprint density at radius 2 is 1.88 bits per heavy atom. The Morgan fingerprint density at radius 1 is 1.18 bits per heavy atom. The van der Waals surface area contributed by atoms with Crippen LogP contribution in [0.3, 0.4) is 0 Å². The summed E-state index contributed by atoms with van der Waals surface area (Å²) < 4.78 is 38.6. The van der Waals surface area contributed by atoms with Gasteiger partial charge in [0, 0.05) is 24.4 Å². The Bertz CT molecular complexity index is 1050. The number of anilines is 1. The fourth-order valence-electron chi connectivity index (χ4n) is 3.15. The number of carbonyl (C=O) groups is 1. The van der Waals surface area contributed by atoms with E-state index < -0.39 is 10.0 Å². The highest BCUT2D eigenvalue weighted by atomic mass is 32.2. The summed E-state index contributed by atoms with van der Waals surface area (Å²) in [6.07, 6.45) is 2.71. The van der Waals surface area contributed by atoms with Crippen LogP contribution in [0, 0.1) is 0 Å². The molecular formula is C23H29N3O5S2. The zero-order valence-corrected chi connectivity index (χ0v) is 20.3. The van der Waals surface area contributed by atoms with E-state index in [-0.39, 0.29) is 34.7 Å². The maximum atomic E-state index is 12.4. The van der Waals surface area contributed by atoms with Crippen LogP contribution in [0.2, 0.25) is 0 Å². The number of nitrogens with one attached hydrogen (secondary N) is 3. The van der Waals surface area contributed by atoms with Gasteiger partial charge < -0.3 is 14.8 Å². The van der Waals surface area contributed by atoms with Gasteiger partial charge in [0.2, 0.25) is 10.0 Å². The molecule has 0 aliphatic carbocycles. The van der Waals surface area contributed by atoms with Gasteiger partial charge in [0.05, 0.1) is 17.1 Å². The molecule has 2 atom stereocenters. The van der Waals surface area contributed by atoms with Crippen LogP contribution in [0.25, 0.3) is 0 Å². The van der Waals surface area contributed by atoms with Crippen LogP contribution in [-0.2, 0) is 14.8 Å². The zero-order chi connectivity index (χ0) is 23.8. The summed E-state index contributed by atoms with van der Waals surface area (Å²) in [5.74, 6) is 0.335. The summed E-state index contributed by atoms with van der Waals surface area (Å²) in [4.78, 5) is 12.6. The molecule has 0 bridgehead atoms. The van der Waals surface area contributed by atoms with Crippen molar-refractivity contribution >= 4 is 38.9 Å². The molecule has 1 aliphatic rings.